The molecular weight excluding hydrogens is 288 g/mol. The van der Waals surface area contributed by atoms with Crippen molar-refractivity contribution >= 4 is 15.8 Å². The van der Waals surface area contributed by atoms with E-state index in [9.17, 15) is 8.42 Å². The van der Waals surface area contributed by atoms with Gasteiger partial charge in [0.25, 0.3) is 0 Å². The highest BCUT2D eigenvalue weighted by Gasteiger charge is 2.24. The number of anilines is 1. The zero-order valence-electron chi connectivity index (χ0n) is 12.2. The maximum Gasteiger partial charge on any atom is 0.246 e. The Morgan fingerprint density at radius 1 is 1.29 bits per heavy atom. The molecule has 0 aliphatic heterocycles. The minimum absolute atomic E-state index is 0.0206. The summed E-state index contributed by atoms with van der Waals surface area (Å²) < 4.78 is 29.2. The van der Waals surface area contributed by atoms with E-state index in [4.69, 9.17) is 5.73 Å². The van der Waals surface area contributed by atoms with Crippen LogP contribution >= 0.6 is 0 Å². The summed E-state index contributed by atoms with van der Waals surface area (Å²) >= 11 is 0. The molecule has 0 aliphatic rings. The summed E-state index contributed by atoms with van der Waals surface area (Å²) in [6, 6.07) is 9.17. The van der Waals surface area contributed by atoms with Gasteiger partial charge in [0.2, 0.25) is 10.0 Å². The summed E-state index contributed by atoms with van der Waals surface area (Å²) in [7, 11) is -3.70. The third-order valence-electron chi connectivity index (χ3n) is 3.28. The summed E-state index contributed by atoms with van der Waals surface area (Å²) in [5.74, 6) is 0.0206. The van der Waals surface area contributed by atoms with E-state index < -0.39 is 10.0 Å². The third-order valence-corrected chi connectivity index (χ3v) is 4.76. The third kappa shape index (κ3) is 3.43. The molecule has 1 aromatic heterocycles. The first-order valence-electron chi connectivity index (χ1n) is 6.88. The second-order valence-electron chi connectivity index (χ2n) is 4.73. The maximum absolute atomic E-state index is 12.5. The highest BCUT2D eigenvalue weighted by Crippen LogP contribution is 2.22. The predicted molar refractivity (Wildman–Crippen MR) is 82.1 cm³/mol. The number of hydrogen-bond acceptors (Lipinski definition) is 4. The highest BCUT2D eigenvalue weighted by molar-refractivity contribution is 7.89. The molecule has 0 saturated heterocycles. The second-order valence-corrected chi connectivity index (χ2v) is 6.41. The Morgan fingerprint density at radius 3 is 2.48 bits per heavy atom. The van der Waals surface area contributed by atoms with Crippen molar-refractivity contribution in [3.05, 3.63) is 42.1 Å². The molecule has 0 amide bonds. The number of nitrogen functional groups attached to an aromatic ring is 1. The number of aryl methyl sites for hydroxylation is 1. The molecule has 1 aromatic carbocycles. The number of nitrogens with zero attached hydrogens (tertiary/aromatic N) is 2. The minimum atomic E-state index is -3.70. The van der Waals surface area contributed by atoms with E-state index in [0.717, 1.165) is 5.56 Å². The molecule has 2 rings (SSSR count). The van der Waals surface area contributed by atoms with Crippen molar-refractivity contribution in [2.24, 2.45) is 0 Å². The lowest BCUT2D eigenvalue weighted by Gasteiger charge is -2.17. The summed E-state index contributed by atoms with van der Waals surface area (Å²) in [6.07, 6.45) is 2.10. The molecule has 0 fully saturated rings. The van der Waals surface area contributed by atoms with Crippen LogP contribution in [0.1, 0.15) is 31.9 Å². The Kier molecular flexibility index (Phi) is 4.64. The Bertz CT molecular complexity index is 695. The number of aromatic nitrogens is 2. The molecule has 0 radical (unpaired) electrons. The van der Waals surface area contributed by atoms with E-state index in [1.54, 1.807) is 0 Å². The van der Waals surface area contributed by atoms with Gasteiger partial charge in [-0.15, -0.1) is 0 Å². The van der Waals surface area contributed by atoms with Gasteiger partial charge in [-0.25, -0.2) is 13.1 Å². The molecule has 3 N–H and O–H groups in total. The predicted octanol–water partition coefficient (Wildman–Crippen LogP) is 1.91. The minimum Gasteiger partial charge on any atom is -0.381 e. The molecule has 0 saturated carbocycles. The van der Waals surface area contributed by atoms with E-state index in [-0.39, 0.29) is 16.8 Å². The molecule has 1 atom stereocenters. The van der Waals surface area contributed by atoms with Gasteiger partial charge in [-0.1, -0.05) is 37.3 Å². The number of sulfonamides is 1. The molecule has 114 valence electrons. The second kappa shape index (κ2) is 6.28. The molecule has 7 heteroatoms. The van der Waals surface area contributed by atoms with Crippen LogP contribution in [0.2, 0.25) is 0 Å². The lowest BCUT2D eigenvalue weighted by molar-refractivity contribution is 0.550. The van der Waals surface area contributed by atoms with Crippen LogP contribution in [0.15, 0.2) is 41.4 Å². The molecule has 0 spiro atoms. The van der Waals surface area contributed by atoms with Crippen LogP contribution < -0.4 is 10.5 Å². The molecule has 21 heavy (non-hydrogen) atoms. The zero-order chi connectivity index (χ0) is 15.5. The summed E-state index contributed by atoms with van der Waals surface area (Å²) in [5, 5.41) is 3.98. The topological polar surface area (TPSA) is 90.0 Å². The zero-order valence-corrected chi connectivity index (χ0v) is 13.0. The van der Waals surface area contributed by atoms with Crippen LogP contribution in [0.4, 0.5) is 5.82 Å². The van der Waals surface area contributed by atoms with Crippen LogP contribution in [0, 0.1) is 0 Å². The monoisotopic (exact) mass is 308 g/mol. The van der Waals surface area contributed by atoms with Gasteiger partial charge in [0.1, 0.15) is 4.90 Å². The van der Waals surface area contributed by atoms with Crippen LogP contribution in [0.25, 0.3) is 0 Å². The van der Waals surface area contributed by atoms with Crippen molar-refractivity contribution in [1.82, 2.24) is 14.5 Å². The fourth-order valence-electron chi connectivity index (χ4n) is 2.11. The highest BCUT2D eigenvalue weighted by atomic mass is 32.2. The first-order chi connectivity index (χ1) is 9.97. The van der Waals surface area contributed by atoms with Crippen molar-refractivity contribution in [3.8, 4) is 0 Å². The van der Waals surface area contributed by atoms with Gasteiger partial charge in [0.15, 0.2) is 5.82 Å². The molecule has 1 unspecified atom stereocenters. The van der Waals surface area contributed by atoms with Gasteiger partial charge in [-0.05, 0) is 18.9 Å². The van der Waals surface area contributed by atoms with Crippen LogP contribution in [0.3, 0.4) is 0 Å². The van der Waals surface area contributed by atoms with E-state index in [1.165, 1.54) is 10.9 Å². The van der Waals surface area contributed by atoms with E-state index >= 15 is 0 Å². The van der Waals surface area contributed by atoms with E-state index in [1.807, 2.05) is 44.2 Å². The van der Waals surface area contributed by atoms with Crippen LogP contribution in [0.5, 0.6) is 0 Å². The van der Waals surface area contributed by atoms with Gasteiger partial charge >= 0.3 is 0 Å². The molecule has 6 nitrogen and oxygen atoms in total. The summed E-state index contributed by atoms with van der Waals surface area (Å²) in [4.78, 5) is 0.0266. The van der Waals surface area contributed by atoms with Crippen LogP contribution in [-0.2, 0) is 16.6 Å². The SMILES string of the molecule is CCC(NS(=O)(=O)c1cn(CC)nc1N)c1ccccc1. The summed E-state index contributed by atoms with van der Waals surface area (Å²) in [6.45, 7) is 4.36. The average molecular weight is 308 g/mol. The smallest absolute Gasteiger partial charge is 0.246 e. The van der Waals surface area contributed by atoms with Gasteiger partial charge in [0, 0.05) is 18.8 Å². The lowest BCUT2D eigenvalue weighted by Crippen LogP contribution is -2.28. The molecule has 0 bridgehead atoms. The largest absolute Gasteiger partial charge is 0.381 e. The Hall–Kier alpha value is -1.86. The molecule has 2 aromatic rings. The molecule has 1 heterocycles. The van der Waals surface area contributed by atoms with Gasteiger partial charge in [-0.2, -0.15) is 5.10 Å². The standard InChI is InChI=1S/C14H20N4O2S/c1-3-12(11-8-6-5-7-9-11)17-21(19,20)13-10-18(4-2)16-14(13)15/h5-10,12,17H,3-4H2,1-2H3,(H2,15,16). The Morgan fingerprint density at radius 2 is 1.95 bits per heavy atom. The Labute approximate surface area is 125 Å². The number of nitrogens with two attached hydrogens (primary N) is 1. The molecular formula is C14H20N4O2S. The number of hydrogen-bond donors (Lipinski definition) is 2. The van der Waals surface area contributed by atoms with Crippen LogP contribution in [-0.4, -0.2) is 18.2 Å². The van der Waals surface area contributed by atoms with Gasteiger partial charge < -0.3 is 5.73 Å². The summed E-state index contributed by atoms with van der Waals surface area (Å²) in [5.41, 5.74) is 6.63. The van der Waals surface area contributed by atoms with Crippen molar-refractivity contribution in [2.45, 2.75) is 37.8 Å². The van der Waals surface area contributed by atoms with E-state index in [0.29, 0.717) is 13.0 Å². The van der Waals surface area contributed by atoms with Crippen molar-refractivity contribution in [2.75, 3.05) is 5.73 Å². The first-order valence-corrected chi connectivity index (χ1v) is 8.36. The lowest BCUT2D eigenvalue weighted by atomic mass is 10.1. The Balaban J connectivity index is 2.29. The van der Waals surface area contributed by atoms with Gasteiger partial charge in [-0.3, -0.25) is 4.68 Å². The first kappa shape index (κ1) is 15.5. The maximum atomic E-state index is 12.5. The number of nitrogens with one attached hydrogen (secondary N) is 1. The van der Waals surface area contributed by atoms with Crippen molar-refractivity contribution in [1.29, 1.82) is 0 Å². The number of rotatable bonds is 6. The fraction of sp³-hybridized carbons (Fsp3) is 0.357. The van der Waals surface area contributed by atoms with E-state index in [2.05, 4.69) is 9.82 Å². The average Bonchev–Trinajstić information content (AvgIpc) is 2.88. The van der Waals surface area contributed by atoms with Crippen molar-refractivity contribution in [3.63, 3.8) is 0 Å². The molecule has 0 aliphatic carbocycles. The number of benzene rings is 1. The quantitative estimate of drug-likeness (QED) is 0.853. The fourth-order valence-corrected chi connectivity index (χ4v) is 3.49. The van der Waals surface area contributed by atoms with Gasteiger partial charge in [0.05, 0.1) is 0 Å². The van der Waals surface area contributed by atoms with Crippen molar-refractivity contribution < 1.29 is 8.42 Å². The normalized spacial score (nSPS) is 13.2.